The van der Waals surface area contributed by atoms with Crippen molar-refractivity contribution in [2.75, 3.05) is 20.3 Å². The summed E-state index contributed by atoms with van der Waals surface area (Å²) in [7, 11) is 1.28. The Morgan fingerprint density at radius 3 is 2.78 bits per heavy atom. The molecule has 0 aliphatic carbocycles. The van der Waals surface area contributed by atoms with Gasteiger partial charge in [0.1, 0.15) is 5.76 Å². The lowest BCUT2D eigenvalue weighted by molar-refractivity contribution is -0.142. The molecule has 1 atom stereocenters. The van der Waals surface area contributed by atoms with Gasteiger partial charge in [-0.2, -0.15) is 0 Å². The number of carbonyl (C=O) groups is 2. The Labute approximate surface area is 105 Å². The van der Waals surface area contributed by atoms with Gasteiger partial charge in [-0.3, -0.25) is 10.1 Å². The van der Waals surface area contributed by atoms with Gasteiger partial charge in [-0.15, -0.1) is 0 Å². The summed E-state index contributed by atoms with van der Waals surface area (Å²) in [6.45, 7) is 4.00. The Morgan fingerprint density at radius 1 is 1.44 bits per heavy atom. The summed E-state index contributed by atoms with van der Waals surface area (Å²) in [5.41, 5.74) is 0. The summed E-state index contributed by atoms with van der Waals surface area (Å²) in [5, 5.41) is 2.93. The number of ether oxygens (including phenoxy) is 2. The molecule has 1 N–H and O–H groups in total. The van der Waals surface area contributed by atoms with Gasteiger partial charge in [0.15, 0.2) is 0 Å². The van der Waals surface area contributed by atoms with Crippen molar-refractivity contribution in [3.05, 3.63) is 23.7 Å². The van der Waals surface area contributed by atoms with Crippen LogP contribution in [-0.4, -0.2) is 32.2 Å². The third-order valence-electron chi connectivity index (χ3n) is 2.30. The third-order valence-corrected chi connectivity index (χ3v) is 2.30. The van der Waals surface area contributed by atoms with Crippen LogP contribution in [0.2, 0.25) is 0 Å². The van der Waals surface area contributed by atoms with Gasteiger partial charge in [0.05, 0.1) is 26.3 Å². The predicted molar refractivity (Wildman–Crippen MR) is 63.1 cm³/mol. The Hall–Kier alpha value is -1.82. The highest BCUT2D eigenvalue weighted by atomic mass is 16.5. The second kappa shape index (κ2) is 6.80. The third kappa shape index (κ3) is 3.89. The van der Waals surface area contributed by atoms with Crippen LogP contribution in [0.15, 0.2) is 16.5 Å². The van der Waals surface area contributed by atoms with E-state index in [0.29, 0.717) is 12.4 Å². The smallest absolute Gasteiger partial charge is 0.373 e. The normalized spacial score (nSPS) is 11.9. The van der Waals surface area contributed by atoms with Gasteiger partial charge < -0.3 is 13.9 Å². The SMILES string of the molecule is CCOC(=O)CNC(C)c1ccc(C(=O)OC)o1. The highest BCUT2D eigenvalue weighted by Crippen LogP contribution is 2.16. The number of rotatable bonds is 6. The van der Waals surface area contributed by atoms with Crippen LogP contribution in [-0.2, 0) is 14.3 Å². The van der Waals surface area contributed by atoms with Crippen molar-refractivity contribution in [3.8, 4) is 0 Å². The van der Waals surface area contributed by atoms with Crippen LogP contribution in [0, 0.1) is 0 Å². The minimum Gasteiger partial charge on any atom is -0.465 e. The fourth-order valence-corrected chi connectivity index (χ4v) is 1.34. The molecule has 6 nitrogen and oxygen atoms in total. The topological polar surface area (TPSA) is 77.8 Å². The standard InChI is InChI=1S/C12H17NO5/c1-4-17-11(14)7-13-8(2)9-5-6-10(18-9)12(15)16-3/h5-6,8,13H,4,7H2,1-3H3. The van der Waals surface area contributed by atoms with Gasteiger partial charge in [0.25, 0.3) is 0 Å². The first-order chi connectivity index (χ1) is 8.58. The Balaban J connectivity index is 2.51. The van der Waals surface area contributed by atoms with E-state index in [9.17, 15) is 9.59 Å². The van der Waals surface area contributed by atoms with Crippen LogP contribution >= 0.6 is 0 Å². The molecule has 0 fully saturated rings. The highest BCUT2D eigenvalue weighted by Gasteiger charge is 2.15. The van der Waals surface area contributed by atoms with E-state index in [4.69, 9.17) is 9.15 Å². The van der Waals surface area contributed by atoms with Crippen LogP contribution in [0.5, 0.6) is 0 Å². The second-order valence-corrected chi connectivity index (χ2v) is 3.60. The zero-order chi connectivity index (χ0) is 13.5. The molecule has 1 rings (SSSR count). The maximum atomic E-state index is 11.2. The lowest BCUT2D eigenvalue weighted by Gasteiger charge is -2.10. The number of methoxy groups -OCH3 is 1. The molecule has 0 aliphatic heterocycles. The van der Waals surface area contributed by atoms with Crippen molar-refractivity contribution in [1.29, 1.82) is 0 Å². The summed E-state index contributed by atoms with van der Waals surface area (Å²) < 4.78 is 14.6. The zero-order valence-corrected chi connectivity index (χ0v) is 10.7. The highest BCUT2D eigenvalue weighted by molar-refractivity contribution is 5.86. The quantitative estimate of drug-likeness (QED) is 0.771. The summed E-state index contributed by atoms with van der Waals surface area (Å²) in [6.07, 6.45) is 0. The monoisotopic (exact) mass is 255 g/mol. The minimum atomic E-state index is -0.529. The molecule has 0 aromatic carbocycles. The van der Waals surface area contributed by atoms with E-state index in [1.807, 2.05) is 6.92 Å². The number of hydrogen-bond donors (Lipinski definition) is 1. The first kappa shape index (κ1) is 14.2. The van der Waals surface area contributed by atoms with Crippen molar-refractivity contribution >= 4 is 11.9 Å². The molecule has 18 heavy (non-hydrogen) atoms. The van der Waals surface area contributed by atoms with E-state index in [-0.39, 0.29) is 24.3 Å². The zero-order valence-electron chi connectivity index (χ0n) is 10.7. The van der Waals surface area contributed by atoms with Crippen molar-refractivity contribution in [3.63, 3.8) is 0 Å². The molecule has 0 radical (unpaired) electrons. The first-order valence-electron chi connectivity index (χ1n) is 5.65. The summed E-state index contributed by atoms with van der Waals surface area (Å²) in [6, 6.07) is 2.99. The lowest BCUT2D eigenvalue weighted by Crippen LogP contribution is -2.27. The van der Waals surface area contributed by atoms with Crippen LogP contribution in [0.1, 0.15) is 36.2 Å². The molecule has 1 heterocycles. The molecule has 1 unspecified atom stereocenters. The van der Waals surface area contributed by atoms with Crippen molar-refractivity contribution in [1.82, 2.24) is 5.32 Å². The number of esters is 2. The van der Waals surface area contributed by atoms with E-state index in [1.165, 1.54) is 13.2 Å². The fraction of sp³-hybridized carbons (Fsp3) is 0.500. The van der Waals surface area contributed by atoms with Crippen LogP contribution in [0.4, 0.5) is 0 Å². The predicted octanol–water partition coefficient (Wildman–Crippen LogP) is 1.28. The molecular formula is C12H17NO5. The lowest BCUT2D eigenvalue weighted by atomic mass is 10.2. The molecule has 0 saturated carbocycles. The van der Waals surface area contributed by atoms with Gasteiger partial charge in [-0.1, -0.05) is 0 Å². The molecule has 6 heteroatoms. The van der Waals surface area contributed by atoms with E-state index >= 15 is 0 Å². The average molecular weight is 255 g/mol. The molecule has 1 aromatic heterocycles. The number of nitrogens with one attached hydrogen (secondary N) is 1. The van der Waals surface area contributed by atoms with Gasteiger partial charge in [-0.05, 0) is 26.0 Å². The molecule has 100 valence electrons. The number of hydrogen-bond acceptors (Lipinski definition) is 6. The van der Waals surface area contributed by atoms with Gasteiger partial charge in [0, 0.05) is 0 Å². The molecule has 0 bridgehead atoms. The first-order valence-corrected chi connectivity index (χ1v) is 5.65. The maximum absolute atomic E-state index is 11.2. The van der Waals surface area contributed by atoms with Crippen LogP contribution < -0.4 is 5.32 Å². The van der Waals surface area contributed by atoms with Crippen LogP contribution in [0.3, 0.4) is 0 Å². The van der Waals surface area contributed by atoms with Gasteiger partial charge in [0.2, 0.25) is 5.76 Å². The molecular weight excluding hydrogens is 238 g/mol. The van der Waals surface area contributed by atoms with Gasteiger partial charge >= 0.3 is 11.9 Å². The Bertz CT molecular complexity index is 412. The molecule has 0 aliphatic rings. The number of furan rings is 1. The van der Waals surface area contributed by atoms with E-state index in [1.54, 1.807) is 13.0 Å². The molecule has 0 amide bonds. The maximum Gasteiger partial charge on any atom is 0.373 e. The molecule has 0 spiro atoms. The Morgan fingerprint density at radius 2 is 2.17 bits per heavy atom. The summed E-state index contributed by atoms with van der Waals surface area (Å²) >= 11 is 0. The minimum absolute atomic E-state index is 0.0866. The largest absolute Gasteiger partial charge is 0.465 e. The van der Waals surface area contributed by atoms with Crippen molar-refractivity contribution in [2.24, 2.45) is 0 Å². The van der Waals surface area contributed by atoms with E-state index in [0.717, 1.165) is 0 Å². The summed E-state index contributed by atoms with van der Waals surface area (Å²) in [5.74, 6) is -0.167. The second-order valence-electron chi connectivity index (χ2n) is 3.60. The van der Waals surface area contributed by atoms with E-state index < -0.39 is 5.97 Å². The number of carbonyl (C=O) groups excluding carboxylic acids is 2. The molecule has 0 saturated heterocycles. The molecule has 1 aromatic rings. The van der Waals surface area contributed by atoms with Crippen LogP contribution in [0.25, 0.3) is 0 Å². The summed E-state index contributed by atoms with van der Waals surface area (Å²) in [4.78, 5) is 22.3. The van der Waals surface area contributed by atoms with Crippen molar-refractivity contribution in [2.45, 2.75) is 19.9 Å². The van der Waals surface area contributed by atoms with Gasteiger partial charge in [-0.25, -0.2) is 4.79 Å². The fourth-order valence-electron chi connectivity index (χ4n) is 1.34. The average Bonchev–Trinajstić information content (AvgIpc) is 2.85. The van der Waals surface area contributed by atoms with Crippen molar-refractivity contribution < 1.29 is 23.5 Å². The Kier molecular flexibility index (Phi) is 5.38. The van der Waals surface area contributed by atoms with E-state index in [2.05, 4.69) is 10.1 Å².